The first-order valence-electron chi connectivity index (χ1n) is 10.2. The first-order valence-corrected chi connectivity index (χ1v) is 11.0. The summed E-state index contributed by atoms with van der Waals surface area (Å²) in [6.45, 7) is 6.15. The molecule has 2 heterocycles. The molecule has 1 aliphatic rings. The number of rotatable bonds is 5. The van der Waals surface area contributed by atoms with Gasteiger partial charge in [0.1, 0.15) is 11.6 Å². The van der Waals surface area contributed by atoms with Crippen LogP contribution >= 0.6 is 23.7 Å². The van der Waals surface area contributed by atoms with Crippen molar-refractivity contribution >= 4 is 46.0 Å². The van der Waals surface area contributed by atoms with Crippen LogP contribution in [0.5, 0.6) is 0 Å². The molecule has 4 rings (SSSR count). The van der Waals surface area contributed by atoms with Crippen LogP contribution in [0, 0.1) is 17.6 Å². The van der Waals surface area contributed by atoms with Crippen molar-refractivity contribution in [3.8, 4) is 0 Å². The average molecular weight is 476 g/mol. The van der Waals surface area contributed by atoms with Crippen molar-refractivity contribution in [2.24, 2.45) is 5.92 Å². The molecule has 3 aromatic rings. The Kier molecular flexibility index (Phi) is 7.64. The van der Waals surface area contributed by atoms with E-state index in [1.165, 1.54) is 11.1 Å². The van der Waals surface area contributed by atoms with Gasteiger partial charge in [-0.2, -0.15) is 0 Å². The number of hydrogen-bond donors (Lipinski definition) is 1. The third-order valence-corrected chi connectivity index (χ3v) is 6.27. The zero-order valence-electron chi connectivity index (χ0n) is 17.8. The Labute approximate surface area is 196 Å². The Morgan fingerprint density at radius 3 is 2.53 bits per heavy atom. The zero-order valence-corrected chi connectivity index (χ0v) is 19.4. The fraction of sp³-hybridized carbons (Fsp3) is 0.250. The Morgan fingerprint density at radius 2 is 1.91 bits per heavy atom. The molecule has 0 atom stereocenters. The second-order valence-corrected chi connectivity index (χ2v) is 8.67. The number of aromatic nitrogens is 1. The molecular weight excluding hydrogens is 452 g/mol. The zero-order chi connectivity index (χ0) is 22.0. The number of anilines is 2. The standard InChI is InChI=1S/C24H23F2N3OS.ClH/c1-15(2)19-9-11-29(24-27-10-12-31-24)14-21(19)16-3-6-18(7-4-16)28-23(30)20-8-5-17(25)13-22(20)26;/h3-8,10,12-13,15H,9,11,14H2,1-2H3,(H,28,30);1H. The molecule has 32 heavy (non-hydrogen) atoms. The number of nitrogens with zero attached hydrogens (tertiary/aromatic N) is 2. The van der Waals surface area contributed by atoms with Gasteiger partial charge in [-0.15, -0.1) is 23.7 Å². The molecule has 1 amide bonds. The first-order chi connectivity index (χ1) is 14.9. The average Bonchev–Trinajstić information content (AvgIpc) is 3.28. The highest BCUT2D eigenvalue weighted by Crippen LogP contribution is 2.34. The summed E-state index contributed by atoms with van der Waals surface area (Å²) in [5, 5.41) is 5.68. The van der Waals surface area contributed by atoms with Crippen LogP contribution in [0.3, 0.4) is 0 Å². The van der Waals surface area contributed by atoms with Crippen LogP contribution in [-0.4, -0.2) is 24.0 Å². The minimum atomic E-state index is -0.884. The maximum atomic E-state index is 13.9. The molecule has 0 spiro atoms. The predicted octanol–water partition coefficient (Wildman–Crippen LogP) is 6.42. The van der Waals surface area contributed by atoms with Crippen molar-refractivity contribution in [3.63, 3.8) is 0 Å². The van der Waals surface area contributed by atoms with E-state index >= 15 is 0 Å². The Balaban J connectivity index is 0.00000289. The molecule has 2 aromatic carbocycles. The largest absolute Gasteiger partial charge is 0.343 e. The highest BCUT2D eigenvalue weighted by Gasteiger charge is 2.23. The van der Waals surface area contributed by atoms with E-state index in [1.54, 1.807) is 11.3 Å². The van der Waals surface area contributed by atoms with Crippen LogP contribution < -0.4 is 10.2 Å². The van der Waals surface area contributed by atoms with Gasteiger partial charge >= 0.3 is 0 Å². The highest BCUT2D eigenvalue weighted by atomic mass is 35.5. The molecule has 4 nitrogen and oxygen atoms in total. The number of amides is 1. The van der Waals surface area contributed by atoms with Crippen LogP contribution in [0.1, 0.15) is 36.2 Å². The summed E-state index contributed by atoms with van der Waals surface area (Å²) in [5.41, 5.74) is 4.16. The molecule has 0 radical (unpaired) electrons. The summed E-state index contributed by atoms with van der Waals surface area (Å²) in [7, 11) is 0. The minimum Gasteiger partial charge on any atom is -0.343 e. The fourth-order valence-electron chi connectivity index (χ4n) is 3.85. The molecule has 1 aromatic heterocycles. The van der Waals surface area contributed by atoms with Gasteiger partial charge in [0.25, 0.3) is 5.91 Å². The topological polar surface area (TPSA) is 45.2 Å². The minimum absolute atomic E-state index is 0. The lowest BCUT2D eigenvalue weighted by atomic mass is 9.87. The third-order valence-electron chi connectivity index (χ3n) is 5.44. The summed E-state index contributed by atoms with van der Waals surface area (Å²) in [5.74, 6) is -1.77. The van der Waals surface area contributed by atoms with Crippen LogP contribution in [0.4, 0.5) is 19.6 Å². The van der Waals surface area contributed by atoms with Gasteiger partial charge in [-0.05, 0) is 47.7 Å². The van der Waals surface area contributed by atoms with E-state index in [0.29, 0.717) is 17.7 Å². The molecule has 0 unspecified atom stereocenters. The van der Waals surface area contributed by atoms with Gasteiger partial charge in [-0.25, -0.2) is 13.8 Å². The first kappa shape index (κ1) is 23.9. The SMILES string of the molecule is CC(C)C1=C(c2ccc(NC(=O)c3ccc(F)cc3F)cc2)CN(c2nccs2)CC1.Cl. The Hall–Kier alpha value is -2.77. The summed E-state index contributed by atoms with van der Waals surface area (Å²) < 4.78 is 26.9. The van der Waals surface area contributed by atoms with E-state index < -0.39 is 17.5 Å². The molecule has 168 valence electrons. The smallest absolute Gasteiger partial charge is 0.258 e. The number of benzene rings is 2. The molecule has 0 aliphatic carbocycles. The van der Waals surface area contributed by atoms with Gasteiger partial charge in [0.15, 0.2) is 5.13 Å². The molecule has 1 aliphatic heterocycles. The van der Waals surface area contributed by atoms with Gasteiger partial charge in [0.2, 0.25) is 0 Å². The summed E-state index contributed by atoms with van der Waals surface area (Å²) in [6.07, 6.45) is 2.80. The number of carbonyl (C=O) groups is 1. The Bertz CT molecular complexity index is 1110. The monoisotopic (exact) mass is 475 g/mol. The molecule has 0 saturated heterocycles. The number of nitrogens with one attached hydrogen (secondary N) is 1. The van der Waals surface area contributed by atoms with Crippen LogP contribution in [0.15, 0.2) is 59.6 Å². The van der Waals surface area contributed by atoms with Gasteiger partial charge in [-0.1, -0.05) is 31.6 Å². The summed E-state index contributed by atoms with van der Waals surface area (Å²) >= 11 is 1.64. The highest BCUT2D eigenvalue weighted by molar-refractivity contribution is 7.13. The Morgan fingerprint density at radius 1 is 1.16 bits per heavy atom. The van der Waals surface area contributed by atoms with Crippen LogP contribution in [0.2, 0.25) is 0 Å². The lowest BCUT2D eigenvalue weighted by molar-refractivity contribution is 0.102. The van der Waals surface area contributed by atoms with E-state index in [1.807, 2.05) is 35.8 Å². The maximum Gasteiger partial charge on any atom is 0.258 e. The number of halogens is 3. The maximum absolute atomic E-state index is 13.9. The van der Waals surface area contributed by atoms with Gasteiger partial charge in [0.05, 0.1) is 5.56 Å². The van der Waals surface area contributed by atoms with Gasteiger partial charge in [-0.3, -0.25) is 4.79 Å². The van der Waals surface area contributed by atoms with Crippen molar-refractivity contribution in [3.05, 3.63) is 82.4 Å². The third kappa shape index (κ3) is 5.16. The second-order valence-electron chi connectivity index (χ2n) is 7.80. The lowest BCUT2D eigenvalue weighted by Gasteiger charge is -2.32. The van der Waals surface area contributed by atoms with Gasteiger partial charge < -0.3 is 10.2 Å². The van der Waals surface area contributed by atoms with Crippen molar-refractivity contribution < 1.29 is 13.6 Å². The van der Waals surface area contributed by atoms with E-state index in [4.69, 9.17) is 0 Å². The molecular formula is C24H24ClF2N3OS. The van der Waals surface area contributed by atoms with E-state index in [2.05, 4.69) is 29.0 Å². The van der Waals surface area contributed by atoms with Crippen molar-refractivity contribution in [2.45, 2.75) is 20.3 Å². The van der Waals surface area contributed by atoms with E-state index in [0.717, 1.165) is 42.3 Å². The summed E-state index contributed by atoms with van der Waals surface area (Å²) in [4.78, 5) is 19.1. The number of hydrogen-bond acceptors (Lipinski definition) is 4. The summed E-state index contributed by atoms with van der Waals surface area (Å²) in [6, 6.07) is 10.5. The molecule has 8 heteroatoms. The second kappa shape index (κ2) is 10.2. The lowest BCUT2D eigenvalue weighted by Crippen LogP contribution is -2.32. The predicted molar refractivity (Wildman–Crippen MR) is 129 cm³/mol. The number of thiazole rings is 1. The molecule has 1 N–H and O–H groups in total. The van der Waals surface area contributed by atoms with E-state index in [9.17, 15) is 13.6 Å². The number of carbonyl (C=O) groups excluding carboxylic acids is 1. The van der Waals surface area contributed by atoms with E-state index in [-0.39, 0.29) is 18.0 Å². The normalized spacial score (nSPS) is 13.8. The van der Waals surface area contributed by atoms with Crippen molar-refractivity contribution in [1.82, 2.24) is 4.98 Å². The molecule has 0 saturated carbocycles. The van der Waals surface area contributed by atoms with Crippen molar-refractivity contribution in [2.75, 3.05) is 23.3 Å². The van der Waals surface area contributed by atoms with Crippen molar-refractivity contribution in [1.29, 1.82) is 0 Å². The molecule has 0 bridgehead atoms. The molecule has 0 fully saturated rings. The van der Waals surface area contributed by atoms with Crippen LogP contribution in [-0.2, 0) is 0 Å². The quantitative estimate of drug-likeness (QED) is 0.463. The van der Waals surface area contributed by atoms with Gasteiger partial charge in [0, 0.05) is 36.4 Å². The fourth-order valence-corrected chi connectivity index (χ4v) is 4.52. The van der Waals surface area contributed by atoms with Crippen LogP contribution in [0.25, 0.3) is 5.57 Å².